The quantitative estimate of drug-likeness (QED) is 0.786. The standard InChI is InChI=1S/C12H13N3P/c13-16(14)15(11-7-3-1-4-8-11)12-9-5-2-6-10-12/h1-10H,(H3,13,14)/q+1. The molecule has 80 valence electrons. The third-order valence-corrected chi connectivity index (χ3v) is 3.11. The second kappa shape index (κ2) is 4.88. The number of rotatable bonds is 3. The monoisotopic (exact) mass is 230 g/mol. The molecule has 0 saturated carbocycles. The van der Waals surface area contributed by atoms with Gasteiger partial charge in [0.1, 0.15) is 0 Å². The molecular weight excluding hydrogens is 217 g/mol. The van der Waals surface area contributed by atoms with Gasteiger partial charge in [0, 0.05) is 0 Å². The lowest BCUT2D eigenvalue weighted by molar-refractivity contribution is 1.38. The number of anilines is 2. The van der Waals surface area contributed by atoms with Gasteiger partial charge in [-0.1, -0.05) is 41.6 Å². The van der Waals surface area contributed by atoms with Crippen molar-refractivity contribution in [2.45, 2.75) is 0 Å². The Morgan fingerprint density at radius 2 is 1.19 bits per heavy atom. The largest absolute Gasteiger partial charge is 0.424 e. The number of para-hydroxylation sites is 2. The molecule has 4 heteroatoms. The molecule has 2 aromatic rings. The van der Waals surface area contributed by atoms with Crippen LogP contribution in [-0.4, -0.2) is 0 Å². The maximum absolute atomic E-state index is 7.78. The average molecular weight is 230 g/mol. The summed E-state index contributed by atoms with van der Waals surface area (Å²) < 4.78 is 1.84. The fourth-order valence-electron chi connectivity index (χ4n) is 1.54. The molecule has 0 spiro atoms. The Hall–Kier alpha value is -1.70. The summed E-state index contributed by atoms with van der Waals surface area (Å²) in [5.74, 6) is 0. The van der Waals surface area contributed by atoms with Crippen LogP contribution < -0.4 is 10.2 Å². The molecule has 0 aromatic heterocycles. The van der Waals surface area contributed by atoms with Crippen LogP contribution in [0.15, 0.2) is 60.7 Å². The zero-order chi connectivity index (χ0) is 11.4. The Labute approximate surface area is 95.9 Å². The molecule has 0 heterocycles. The van der Waals surface area contributed by atoms with Crippen LogP contribution in [-0.2, 0) is 0 Å². The Kier molecular flexibility index (Phi) is 3.30. The van der Waals surface area contributed by atoms with Gasteiger partial charge < -0.3 is 0 Å². The van der Waals surface area contributed by atoms with Gasteiger partial charge in [0.05, 0.1) is 11.4 Å². The van der Waals surface area contributed by atoms with E-state index >= 15 is 0 Å². The molecule has 3 nitrogen and oxygen atoms in total. The predicted octanol–water partition coefficient (Wildman–Crippen LogP) is 3.86. The number of benzene rings is 2. The maximum Gasteiger partial charge on any atom is 0.424 e. The third-order valence-electron chi connectivity index (χ3n) is 2.22. The first-order valence-electron chi connectivity index (χ1n) is 4.95. The van der Waals surface area contributed by atoms with E-state index in [0.717, 1.165) is 11.4 Å². The third kappa shape index (κ3) is 2.27. The van der Waals surface area contributed by atoms with Crippen molar-refractivity contribution >= 4 is 19.4 Å². The lowest BCUT2D eigenvalue weighted by Crippen LogP contribution is -2.09. The van der Waals surface area contributed by atoms with Crippen LogP contribution in [0.25, 0.3) is 0 Å². The number of nitrogens with two attached hydrogens (primary N) is 1. The summed E-state index contributed by atoms with van der Waals surface area (Å²) in [6, 6.07) is 19.5. The molecule has 3 N–H and O–H groups in total. The molecule has 0 aliphatic carbocycles. The molecule has 0 radical (unpaired) electrons. The number of nitrogens with one attached hydrogen (secondary N) is 1. The predicted molar refractivity (Wildman–Crippen MR) is 68.9 cm³/mol. The van der Waals surface area contributed by atoms with Gasteiger partial charge in [-0.25, -0.2) is 0 Å². The Balaban J connectivity index is 2.44. The van der Waals surface area contributed by atoms with Crippen molar-refractivity contribution in [1.29, 1.82) is 5.16 Å². The molecule has 2 rings (SSSR count). The van der Waals surface area contributed by atoms with Gasteiger partial charge in [0.15, 0.2) is 0 Å². The summed E-state index contributed by atoms with van der Waals surface area (Å²) in [7, 11) is -1.43. The van der Waals surface area contributed by atoms with Gasteiger partial charge in [-0.05, 0) is 24.3 Å². The van der Waals surface area contributed by atoms with Gasteiger partial charge >= 0.3 is 8.01 Å². The van der Waals surface area contributed by atoms with Gasteiger partial charge in [-0.15, -0.1) is 10.2 Å². The normalized spacial score (nSPS) is 10.9. The molecule has 1 unspecified atom stereocenters. The minimum atomic E-state index is -1.43. The molecule has 1 atom stereocenters. The molecule has 0 saturated heterocycles. The molecular formula is C12H13N3P+. The van der Waals surface area contributed by atoms with Crippen LogP contribution in [0.3, 0.4) is 0 Å². The van der Waals surface area contributed by atoms with Crippen LogP contribution in [0.2, 0.25) is 0 Å². The zero-order valence-corrected chi connectivity index (χ0v) is 9.64. The van der Waals surface area contributed by atoms with E-state index in [-0.39, 0.29) is 0 Å². The van der Waals surface area contributed by atoms with E-state index in [1.54, 1.807) is 0 Å². The van der Waals surface area contributed by atoms with Gasteiger partial charge in [-0.3, -0.25) is 0 Å². The van der Waals surface area contributed by atoms with Crippen LogP contribution >= 0.6 is 8.01 Å². The van der Waals surface area contributed by atoms with E-state index in [0.29, 0.717) is 0 Å². The SMILES string of the molecule is N=[P+](N)N(c1ccccc1)c1ccccc1. The van der Waals surface area contributed by atoms with Crippen LogP contribution in [0, 0.1) is 5.16 Å². The smallest absolute Gasteiger partial charge is 0.134 e. The lowest BCUT2D eigenvalue weighted by Gasteiger charge is -2.12. The Morgan fingerprint density at radius 3 is 1.50 bits per heavy atom. The van der Waals surface area contributed by atoms with E-state index in [4.69, 9.17) is 10.7 Å². The molecule has 0 fully saturated rings. The lowest BCUT2D eigenvalue weighted by atomic mass is 10.3. The molecule has 0 aliphatic heterocycles. The van der Waals surface area contributed by atoms with E-state index in [2.05, 4.69) is 0 Å². The van der Waals surface area contributed by atoms with Crippen molar-refractivity contribution in [3.05, 3.63) is 60.7 Å². The van der Waals surface area contributed by atoms with Gasteiger partial charge in [-0.2, -0.15) is 0 Å². The van der Waals surface area contributed by atoms with Gasteiger partial charge in [0.25, 0.3) is 0 Å². The van der Waals surface area contributed by atoms with E-state index in [1.807, 2.05) is 65.3 Å². The van der Waals surface area contributed by atoms with E-state index < -0.39 is 8.01 Å². The summed E-state index contributed by atoms with van der Waals surface area (Å²) in [5, 5.41) is 7.78. The minimum Gasteiger partial charge on any atom is -0.134 e. The zero-order valence-electron chi connectivity index (χ0n) is 8.75. The van der Waals surface area contributed by atoms with Crippen molar-refractivity contribution in [2.24, 2.45) is 5.50 Å². The summed E-state index contributed by atoms with van der Waals surface area (Å²) in [6.07, 6.45) is 0. The topological polar surface area (TPSA) is 53.1 Å². The van der Waals surface area contributed by atoms with Crippen molar-refractivity contribution in [1.82, 2.24) is 0 Å². The summed E-state index contributed by atoms with van der Waals surface area (Å²) in [5.41, 5.74) is 7.67. The average Bonchev–Trinajstić information content (AvgIpc) is 2.31. The maximum atomic E-state index is 7.78. The highest BCUT2D eigenvalue weighted by atomic mass is 31.1. The van der Waals surface area contributed by atoms with Crippen molar-refractivity contribution < 1.29 is 0 Å². The molecule has 2 aromatic carbocycles. The second-order valence-electron chi connectivity index (χ2n) is 3.33. The summed E-state index contributed by atoms with van der Waals surface area (Å²) in [6.45, 7) is 0. The number of nitrogens with zero attached hydrogens (tertiary/aromatic N) is 1. The van der Waals surface area contributed by atoms with E-state index in [9.17, 15) is 0 Å². The Bertz CT molecular complexity index is 431. The highest BCUT2D eigenvalue weighted by molar-refractivity contribution is 7.45. The number of hydrogen-bond donors (Lipinski definition) is 2. The highest BCUT2D eigenvalue weighted by Crippen LogP contribution is 2.36. The summed E-state index contributed by atoms with van der Waals surface area (Å²) >= 11 is 0. The number of hydrogen-bond acceptors (Lipinski definition) is 1. The molecule has 0 aliphatic rings. The fraction of sp³-hybridized carbons (Fsp3) is 0. The fourth-order valence-corrected chi connectivity index (χ4v) is 2.30. The second-order valence-corrected chi connectivity index (χ2v) is 4.42. The first-order valence-corrected chi connectivity index (χ1v) is 6.31. The van der Waals surface area contributed by atoms with Crippen molar-refractivity contribution in [2.75, 3.05) is 4.67 Å². The molecule has 0 amide bonds. The van der Waals surface area contributed by atoms with Crippen molar-refractivity contribution in [3.63, 3.8) is 0 Å². The van der Waals surface area contributed by atoms with Gasteiger partial charge in [0.2, 0.25) is 0 Å². The first-order chi connectivity index (χ1) is 7.79. The first kappa shape index (κ1) is 10.8. The highest BCUT2D eigenvalue weighted by Gasteiger charge is 2.21. The summed E-state index contributed by atoms with van der Waals surface area (Å²) in [4.78, 5) is 0. The molecule has 16 heavy (non-hydrogen) atoms. The van der Waals surface area contributed by atoms with Crippen LogP contribution in [0.5, 0.6) is 0 Å². The van der Waals surface area contributed by atoms with Crippen molar-refractivity contribution in [3.8, 4) is 0 Å². The molecule has 0 bridgehead atoms. The van der Waals surface area contributed by atoms with E-state index in [1.165, 1.54) is 0 Å². The Morgan fingerprint density at radius 1 is 0.812 bits per heavy atom. The minimum absolute atomic E-state index is 0.956. The van der Waals surface area contributed by atoms with Crippen LogP contribution in [0.4, 0.5) is 11.4 Å². The van der Waals surface area contributed by atoms with Crippen LogP contribution in [0.1, 0.15) is 0 Å².